The van der Waals surface area contributed by atoms with Crippen LogP contribution < -0.4 is 0 Å². The first kappa shape index (κ1) is 18.9. The van der Waals surface area contributed by atoms with Crippen LogP contribution >= 0.6 is 11.6 Å². The van der Waals surface area contributed by atoms with Gasteiger partial charge < -0.3 is 4.42 Å². The highest BCUT2D eigenvalue weighted by molar-refractivity contribution is 6.31. The predicted octanol–water partition coefficient (Wildman–Crippen LogP) is 6.27. The molecule has 0 aliphatic rings. The molecule has 0 amide bonds. The molecular weight excluding hydrogens is 344 g/mol. The Hall–Kier alpha value is -1.84. The molecule has 26 heavy (non-hydrogen) atoms. The number of hydrogen-bond donors (Lipinski definition) is 0. The molecule has 0 saturated heterocycles. The Balaban J connectivity index is 1.94. The van der Waals surface area contributed by atoms with E-state index in [0.29, 0.717) is 17.1 Å². The molecule has 1 heterocycles. The molecule has 0 aliphatic carbocycles. The van der Waals surface area contributed by atoms with Gasteiger partial charge in [0.15, 0.2) is 5.58 Å². The van der Waals surface area contributed by atoms with Gasteiger partial charge in [-0.1, -0.05) is 41.9 Å². The number of oxazole rings is 1. The first-order valence-electron chi connectivity index (χ1n) is 9.33. The smallest absolute Gasteiger partial charge is 0.212 e. The van der Waals surface area contributed by atoms with Gasteiger partial charge >= 0.3 is 0 Å². The SMILES string of the molecule is CC(C)N(C(C)C)C(CCc1ccccc1)c1nc2ccc(Cl)cc2o1. The number of aromatic nitrogens is 1. The summed E-state index contributed by atoms with van der Waals surface area (Å²) in [5.41, 5.74) is 2.95. The molecule has 0 bridgehead atoms. The van der Waals surface area contributed by atoms with Crippen LogP contribution in [-0.4, -0.2) is 22.0 Å². The van der Waals surface area contributed by atoms with E-state index < -0.39 is 0 Å². The van der Waals surface area contributed by atoms with E-state index in [2.05, 4.69) is 62.9 Å². The van der Waals surface area contributed by atoms with Gasteiger partial charge in [-0.2, -0.15) is 0 Å². The average molecular weight is 371 g/mol. The van der Waals surface area contributed by atoms with Gasteiger partial charge in [0.25, 0.3) is 0 Å². The molecule has 0 aliphatic heterocycles. The number of aryl methyl sites for hydroxylation is 1. The summed E-state index contributed by atoms with van der Waals surface area (Å²) in [6.45, 7) is 8.92. The van der Waals surface area contributed by atoms with E-state index in [-0.39, 0.29) is 6.04 Å². The van der Waals surface area contributed by atoms with Gasteiger partial charge in [0, 0.05) is 23.2 Å². The van der Waals surface area contributed by atoms with E-state index in [4.69, 9.17) is 21.0 Å². The number of hydrogen-bond acceptors (Lipinski definition) is 3. The number of benzene rings is 2. The van der Waals surface area contributed by atoms with Crippen LogP contribution in [0.4, 0.5) is 0 Å². The van der Waals surface area contributed by atoms with Crippen LogP contribution in [0.15, 0.2) is 52.9 Å². The molecule has 2 aromatic carbocycles. The number of halogens is 1. The van der Waals surface area contributed by atoms with Crippen molar-refractivity contribution in [3.05, 3.63) is 65.0 Å². The van der Waals surface area contributed by atoms with E-state index in [1.54, 1.807) is 0 Å². The summed E-state index contributed by atoms with van der Waals surface area (Å²) in [4.78, 5) is 7.27. The molecule has 1 unspecified atom stereocenters. The second kappa shape index (κ2) is 8.24. The minimum Gasteiger partial charge on any atom is -0.439 e. The number of rotatable bonds is 7. The molecule has 3 nitrogen and oxygen atoms in total. The molecule has 1 atom stereocenters. The highest BCUT2D eigenvalue weighted by Gasteiger charge is 2.29. The van der Waals surface area contributed by atoms with Crippen LogP contribution in [0.3, 0.4) is 0 Å². The van der Waals surface area contributed by atoms with Crippen LogP contribution in [0, 0.1) is 0 Å². The summed E-state index contributed by atoms with van der Waals surface area (Å²) < 4.78 is 6.14. The van der Waals surface area contributed by atoms with Gasteiger partial charge in [0.1, 0.15) is 5.52 Å². The van der Waals surface area contributed by atoms with Gasteiger partial charge in [0.2, 0.25) is 5.89 Å². The summed E-state index contributed by atoms with van der Waals surface area (Å²) in [6, 6.07) is 17.1. The van der Waals surface area contributed by atoms with Gasteiger partial charge in [-0.15, -0.1) is 0 Å². The van der Waals surface area contributed by atoms with E-state index in [1.807, 2.05) is 18.2 Å². The monoisotopic (exact) mass is 370 g/mol. The van der Waals surface area contributed by atoms with Gasteiger partial charge in [-0.25, -0.2) is 4.98 Å². The predicted molar refractivity (Wildman–Crippen MR) is 109 cm³/mol. The van der Waals surface area contributed by atoms with Gasteiger partial charge in [-0.05, 0) is 58.2 Å². The zero-order valence-corrected chi connectivity index (χ0v) is 16.7. The Morgan fingerprint density at radius 3 is 2.35 bits per heavy atom. The van der Waals surface area contributed by atoms with Crippen LogP contribution in [0.25, 0.3) is 11.1 Å². The normalized spacial score (nSPS) is 13.2. The van der Waals surface area contributed by atoms with E-state index in [1.165, 1.54) is 5.56 Å². The maximum absolute atomic E-state index is 6.14. The second-order valence-electron chi connectivity index (χ2n) is 7.34. The Labute approximate surface area is 161 Å². The van der Waals surface area contributed by atoms with E-state index in [0.717, 1.165) is 29.8 Å². The zero-order valence-electron chi connectivity index (χ0n) is 15.9. The Morgan fingerprint density at radius 2 is 1.69 bits per heavy atom. The zero-order chi connectivity index (χ0) is 18.7. The molecule has 3 aromatic rings. The fourth-order valence-electron chi connectivity index (χ4n) is 3.72. The lowest BCUT2D eigenvalue weighted by Crippen LogP contribution is -2.40. The summed E-state index contributed by atoms with van der Waals surface area (Å²) in [5, 5.41) is 0.672. The van der Waals surface area contributed by atoms with Crippen molar-refractivity contribution < 1.29 is 4.42 Å². The maximum Gasteiger partial charge on any atom is 0.212 e. The van der Waals surface area contributed by atoms with Crippen molar-refractivity contribution in [3.8, 4) is 0 Å². The molecule has 0 N–H and O–H groups in total. The molecule has 3 rings (SSSR count). The molecule has 0 spiro atoms. The lowest BCUT2D eigenvalue weighted by Gasteiger charge is -2.36. The third-order valence-corrected chi connectivity index (χ3v) is 4.99. The molecule has 0 radical (unpaired) electrons. The largest absolute Gasteiger partial charge is 0.439 e. The molecule has 138 valence electrons. The minimum atomic E-state index is 0.126. The lowest BCUT2D eigenvalue weighted by molar-refractivity contribution is 0.0891. The van der Waals surface area contributed by atoms with E-state index in [9.17, 15) is 0 Å². The van der Waals surface area contributed by atoms with Crippen LogP contribution in [-0.2, 0) is 6.42 Å². The van der Waals surface area contributed by atoms with Crippen LogP contribution in [0.2, 0.25) is 5.02 Å². The first-order valence-corrected chi connectivity index (χ1v) is 9.71. The van der Waals surface area contributed by atoms with Gasteiger partial charge in [0.05, 0.1) is 6.04 Å². The average Bonchev–Trinajstić information content (AvgIpc) is 3.01. The highest BCUT2D eigenvalue weighted by atomic mass is 35.5. The summed E-state index contributed by atoms with van der Waals surface area (Å²) >= 11 is 6.11. The number of nitrogens with zero attached hydrogens (tertiary/aromatic N) is 2. The highest BCUT2D eigenvalue weighted by Crippen LogP contribution is 2.32. The Kier molecular flexibility index (Phi) is 6.00. The third-order valence-electron chi connectivity index (χ3n) is 4.75. The fraction of sp³-hybridized carbons (Fsp3) is 0.409. The summed E-state index contributed by atoms with van der Waals surface area (Å²) in [6.07, 6.45) is 1.95. The molecule has 1 aromatic heterocycles. The number of fused-ring (bicyclic) bond motifs is 1. The standard InChI is InChI=1S/C22H27ClN2O/c1-15(2)25(16(3)4)20(13-10-17-8-6-5-7-9-17)22-24-19-12-11-18(23)14-21(19)26-22/h5-9,11-12,14-16,20H,10,13H2,1-4H3. The van der Waals surface area contributed by atoms with Gasteiger partial charge in [-0.3, -0.25) is 4.90 Å². The van der Waals surface area contributed by atoms with Crippen molar-refractivity contribution in [2.24, 2.45) is 0 Å². The fourth-order valence-corrected chi connectivity index (χ4v) is 3.89. The second-order valence-corrected chi connectivity index (χ2v) is 7.78. The van der Waals surface area contributed by atoms with Crippen molar-refractivity contribution in [3.63, 3.8) is 0 Å². The third kappa shape index (κ3) is 4.28. The van der Waals surface area contributed by atoms with Crippen molar-refractivity contribution >= 4 is 22.7 Å². The topological polar surface area (TPSA) is 29.3 Å². The van der Waals surface area contributed by atoms with E-state index >= 15 is 0 Å². The quantitative estimate of drug-likeness (QED) is 0.490. The molecule has 0 fully saturated rings. The molecule has 0 saturated carbocycles. The molecular formula is C22H27ClN2O. The van der Waals surface area contributed by atoms with Crippen LogP contribution in [0.1, 0.15) is 51.6 Å². The molecule has 4 heteroatoms. The van der Waals surface area contributed by atoms with Crippen molar-refractivity contribution in [2.45, 2.75) is 58.7 Å². The summed E-state index contributed by atoms with van der Waals surface area (Å²) in [7, 11) is 0. The maximum atomic E-state index is 6.14. The van der Waals surface area contributed by atoms with Crippen molar-refractivity contribution in [1.82, 2.24) is 9.88 Å². The summed E-state index contributed by atoms with van der Waals surface area (Å²) in [5.74, 6) is 0.778. The van der Waals surface area contributed by atoms with Crippen LogP contribution in [0.5, 0.6) is 0 Å². The lowest BCUT2D eigenvalue weighted by atomic mass is 10.0. The van der Waals surface area contributed by atoms with Crippen molar-refractivity contribution in [1.29, 1.82) is 0 Å². The first-order chi connectivity index (χ1) is 12.5. The minimum absolute atomic E-state index is 0.126. The van der Waals surface area contributed by atoms with Crippen molar-refractivity contribution in [2.75, 3.05) is 0 Å². The Morgan fingerprint density at radius 1 is 1.00 bits per heavy atom. The Bertz CT molecular complexity index is 834.